The van der Waals surface area contributed by atoms with Crippen molar-refractivity contribution in [2.75, 3.05) is 5.32 Å². The molecule has 0 atom stereocenters. The zero-order valence-electron chi connectivity index (χ0n) is 10.6. The highest BCUT2D eigenvalue weighted by atomic mass is 16.4. The number of carboxylic acids is 1. The number of hydrogen-bond acceptors (Lipinski definition) is 4. The van der Waals surface area contributed by atoms with Crippen molar-refractivity contribution < 1.29 is 9.90 Å². The van der Waals surface area contributed by atoms with Crippen LogP contribution in [0.15, 0.2) is 12.4 Å². The van der Waals surface area contributed by atoms with Gasteiger partial charge in [-0.1, -0.05) is 13.3 Å². The molecule has 98 valence electrons. The summed E-state index contributed by atoms with van der Waals surface area (Å²) in [4.78, 5) is 18.6. The van der Waals surface area contributed by atoms with Crippen molar-refractivity contribution in [1.82, 2.24) is 9.97 Å². The lowest BCUT2D eigenvalue weighted by Crippen LogP contribution is -2.26. The van der Waals surface area contributed by atoms with Gasteiger partial charge in [-0.2, -0.15) is 0 Å². The maximum Gasteiger partial charge on any atom is 0.356 e. The lowest BCUT2D eigenvalue weighted by Gasteiger charge is -2.28. The van der Waals surface area contributed by atoms with Crippen LogP contribution in [0.4, 0.5) is 5.82 Å². The molecule has 0 amide bonds. The van der Waals surface area contributed by atoms with E-state index in [4.69, 9.17) is 5.11 Å². The number of nitrogens with zero attached hydrogens (tertiary/aromatic N) is 2. The first-order valence-electron chi connectivity index (χ1n) is 6.51. The number of carboxylic acid groups (broad SMARTS) is 1. The molecule has 5 heteroatoms. The first-order valence-corrected chi connectivity index (χ1v) is 6.51. The van der Waals surface area contributed by atoms with Crippen LogP contribution in [0.25, 0.3) is 0 Å². The molecule has 1 aromatic heterocycles. The van der Waals surface area contributed by atoms with Crippen molar-refractivity contribution in [2.45, 2.75) is 45.1 Å². The Kier molecular flexibility index (Phi) is 4.12. The maximum absolute atomic E-state index is 10.6. The summed E-state index contributed by atoms with van der Waals surface area (Å²) in [6.45, 7) is 2.24. The molecule has 5 nitrogen and oxygen atoms in total. The van der Waals surface area contributed by atoms with Gasteiger partial charge in [0.2, 0.25) is 0 Å². The molecule has 1 heterocycles. The van der Waals surface area contributed by atoms with Crippen molar-refractivity contribution in [3.05, 3.63) is 18.1 Å². The number of carbonyl (C=O) groups is 1. The van der Waals surface area contributed by atoms with Gasteiger partial charge in [-0.3, -0.25) is 0 Å². The standard InChI is InChI=1S/C13H19N3O2/c1-2-9-3-5-10(6-4-9)16-12-8-14-11(7-15-12)13(17)18/h7-10H,2-6H2,1H3,(H,15,16)(H,17,18). The molecule has 2 rings (SSSR count). The summed E-state index contributed by atoms with van der Waals surface area (Å²) >= 11 is 0. The molecule has 0 radical (unpaired) electrons. The highest BCUT2D eigenvalue weighted by Gasteiger charge is 2.20. The van der Waals surface area contributed by atoms with E-state index in [-0.39, 0.29) is 5.69 Å². The molecule has 0 unspecified atom stereocenters. The summed E-state index contributed by atoms with van der Waals surface area (Å²) in [5.74, 6) is 0.487. The van der Waals surface area contributed by atoms with Gasteiger partial charge < -0.3 is 10.4 Å². The van der Waals surface area contributed by atoms with Gasteiger partial charge in [0.15, 0.2) is 5.69 Å². The van der Waals surface area contributed by atoms with E-state index in [0.717, 1.165) is 18.8 Å². The molecule has 2 N–H and O–H groups in total. The van der Waals surface area contributed by atoms with Crippen LogP contribution < -0.4 is 5.32 Å². The van der Waals surface area contributed by atoms with Gasteiger partial charge in [-0.25, -0.2) is 14.8 Å². The minimum absolute atomic E-state index is 0.0183. The summed E-state index contributed by atoms with van der Waals surface area (Å²) in [6, 6.07) is 0.442. The van der Waals surface area contributed by atoms with Crippen molar-refractivity contribution >= 4 is 11.8 Å². The third-order valence-corrected chi connectivity index (χ3v) is 3.65. The molecular weight excluding hydrogens is 230 g/mol. The molecule has 0 bridgehead atoms. The van der Waals surface area contributed by atoms with E-state index in [1.165, 1.54) is 31.7 Å². The fourth-order valence-electron chi connectivity index (χ4n) is 2.44. The Morgan fingerprint density at radius 1 is 1.33 bits per heavy atom. The lowest BCUT2D eigenvalue weighted by molar-refractivity contribution is 0.0690. The van der Waals surface area contributed by atoms with Crippen LogP contribution in [0.5, 0.6) is 0 Å². The van der Waals surface area contributed by atoms with E-state index in [0.29, 0.717) is 11.9 Å². The molecule has 1 fully saturated rings. The van der Waals surface area contributed by atoms with Crippen LogP contribution in [0.3, 0.4) is 0 Å². The van der Waals surface area contributed by atoms with Crippen molar-refractivity contribution in [3.8, 4) is 0 Å². The topological polar surface area (TPSA) is 75.1 Å². The zero-order chi connectivity index (χ0) is 13.0. The Morgan fingerprint density at radius 2 is 2.06 bits per heavy atom. The van der Waals surface area contributed by atoms with Crippen molar-refractivity contribution in [2.24, 2.45) is 5.92 Å². The molecule has 1 saturated carbocycles. The third kappa shape index (κ3) is 3.18. The quantitative estimate of drug-likeness (QED) is 0.857. The number of nitrogens with one attached hydrogen (secondary N) is 1. The second-order valence-electron chi connectivity index (χ2n) is 4.86. The predicted molar refractivity (Wildman–Crippen MR) is 68.7 cm³/mol. The Bertz CT molecular complexity index is 397. The molecule has 0 aliphatic heterocycles. The first-order chi connectivity index (χ1) is 8.69. The number of aromatic nitrogens is 2. The van der Waals surface area contributed by atoms with E-state index in [9.17, 15) is 4.79 Å². The molecule has 1 aliphatic rings. The summed E-state index contributed by atoms with van der Waals surface area (Å²) in [5.41, 5.74) is -0.0183. The van der Waals surface area contributed by atoms with Gasteiger partial charge in [0.05, 0.1) is 12.4 Å². The van der Waals surface area contributed by atoms with Gasteiger partial charge in [-0.15, -0.1) is 0 Å². The minimum Gasteiger partial charge on any atom is -0.476 e. The highest BCUT2D eigenvalue weighted by Crippen LogP contribution is 2.27. The summed E-state index contributed by atoms with van der Waals surface area (Å²) in [7, 11) is 0. The Labute approximate surface area is 107 Å². The SMILES string of the molecule is CCC1CCC(Nc2cnc(C(=O)O)cn2)CC1. The average molecular weight is 249 g/mol. The van der Waals surface area contributed by atoms with E-state index in [1.54, 1.807) is 0 Å². The molecule has 1 aliphatic carbocycles. The molecule has 0 aromatic carbocycles. The molecule has 18 heavy (non-hydrogen) atoms. The van der Waals surface area contributed by atoms with E-state index in [2.05, 4.69) is 22.2 Å². The first kappa shape index (κ1) is 12.8. The van der Waals surface area contributed by atoms with Gasteiger partial charge in [0.25, 0.3) is 0 Å². The third-order valence-electron chi connectivity index (χ3n) is 3.65. The number of hydrogen-bond donors (Lipinski definition) is 2. The van der Waals surface area contributed by atoms with Crippen LogP contribution in [0, 0.1) is 5.92 Å². The number of rotatable bonds is 4. The van der Waals surface area contributed by atoms with Crippen LogP contribution in [-0.4, -0.2) is 27.1 Å². The molecule has 0 spiro atoms. The fourth-order valence-corrected chi connectivity index (χ4v) is 2.44. The van der Waals surface area contributed by atoms with Crippen LogP contribution >= 0.6 is 0 Å². The Balaban J connectivity index is 1.88. The van der Waals surface area contributed by atoms with Gasteiger partial charge >= 0.3 is 5.97 Å². The summed E-state index contributed by atoms with van der Waals surface area (Å²) in [6.07, 6.45) is 8.88. The second-order valence-corrected chi connectivity index (χ2v) is 4.86. The molecule has 0 saturated heterocycles. The predicted octanol–water partition coefficient (Wildman–Crippen LogP) is 2.56. The van der Waals surface area contributed by atoms with Crippen LogP contribution in [0.2, 0.25) is 0 Å². The molecular formula is C13H19N3O2. The van der Waals surface area contributed by atoms with Gasteiger partial charge in [0, 0.05) is 6.04 Å². The fraction of sp³-hybridized carbons (Fsp3) is 0.615. The van der Waals surface area contributed by atoms with Crippen molar-refractivity contribution in [3.63, 3.8) is 0 Å². The van der Waals surface area contributed by atoms with E-state index in [1.807, 2.05) is 0 Å². The monoisotopic (exact) mass is 249 g/mol. The van der Waals surface area contributed by atoms with Crippen molar-refractivity contribution in [1.29, 1.82) is 0 Å². The van der Waals surface area contributed by atoms with Gasteiger partial charge in [0.1, 0.15) is 5.82 Å². The van der Waals surface area contributed by atoms with E-state index < -0.39 is 5.97 Å². The second kappa shape index (κ2) is 5.80. The number of anilines is 1. The van der Waals surface area contributed by atoms with E-state index >= 15 is 0 Å². The maximum atomic E-state index is 10.6. The normalized spacial score (nSPS) is 23.6. The Hall–Kier alpha value is -1.65. The van der Waals surface area contributed by atoms with Crippen LogP contribution in [-0.2, 0) is 0 Å². The number of aromatic carboxylic acids is 1. The summed E-state index contributed by atoms with van der Waals surface area (Å²) < 4.78 is 0. The highest BCUT2D eigenvalue weighted by molar-refractivity contribution is 5.84. The average Bonchev–Trinajstić information content (AvgIpc) is 2.40. The Morgan fingerprint density at radius 3 is 2.56 bits per heavy atom. The van der Waals surface area contributed by atoms with Crippen LogP contribution in [0.1, 0.15) is 49.5 Å². The lowest BCUT2D eigenvalue weighted by atomic mass is 9.84. The minimum atomic E-state index is -1.04. The van der Waals surface area contributed by atoms with Gasteiger partial charge in [-0.05, 0) is 31.6 Å². The summed E-state index contributed by atoms with van der Waals surface area (Å²) in [5, 5.41) is 12.1. The molecule has 1 aromatic rings. The largest absolute Gasteiger partial charge is 0.476 e. The zero-order valence-corrected chi connectivity index (χ0v) is 10.6. The smallest absolute Gasteiger partial charge is 0.356 e.